The number of carbonyl (C=O) groups is 1. The van der Waals surface area contributed by atoms with Crippen LogP contribution in [0.15, 0.2) is 49.1 Å². The lowest BCUT2D eigenvalue weighted by Crippen LogP contribution is -2.01. The quantitative estimate of drug-likeness (QED) is 0.345. The van der Waals surface area contributed by atoms with Crippen LogP contribution in [0.4, 0.5) is 0 Å². The van der Waals surface area contributed by atoms with Gasteiger partial charge in [-0.1, -0.05) is 30.9 Å². The van der Waals surface area contributed by atoms with Crippen LogP contribution in [0.25, 0.3) is 6.08 Å². The second-order valence-corrected chi connectivity index (χ2v) is 4.07. The summed E-state index contributed by atoms with van der Waals surface area (Å²) in [7, 11) is 0. The molecule has 0 saturated carbocycles. The minimum Gasteiger partial charge on any atom is -0.462 e. The van der Waals surface area contributed by atoms with E-state index in [4.69, 9.17) is 14.2 Å². The van der Waals surface area contributed by atoms with E-state index >= 15 is 0 Å². The van der Waals surface area contributed by atoms with E-state index in [0.29, 0.717) is 18.8 Å². The van der Waals surface area contributed by atoms with E-state index in [0.717, 1.165) is 11.3 Å². The van der Waals surface area contributed by atoms with Crippen LogP contribution in [0, 0.1) is 0 Å². The van der Waals surface area contributed by atoms with Crippen molar-refractivity contribution in [3.63, 3.8) is 0 Å². The van der Waals surface area contributed by atoms with Gasteiger partial charge < -0.3 is 14.2 Å². The van der Waals surface area contributed by atoms with Gasteiger partial charge in [-0.3, -0.25) is 0 Å². The summed E-state index contributed by atoms with van der Waals surface area (Å²) in [6, 6.07) is 5.48. The van der Waals surface area contributed by atoms with Crippen molar-refractivity contribution in [1.82, 2.24) is 0 Å². The van der Waals surface area contributed by atoms with Gasteiger partial charge in [-0.05, 0) is 30.2 Å². The van der Waals surface area contributed by atoms with Gasteiger partial charge in [-0.15, -0.1) is 0 Å². The Morgan fingerprint density at radius 3 is 3.05 bits per heavy atom. The molecule has 0 aromatic heterocycles. The molecule has 0 unspecified atom stereocenters. The molecule has 20 heavy (non-hydrogen) atoms. The second-order valence-electron chi connectivity index (χ2n) is 4.07. The smallest absolute Gasteiger partial charge is 0.330 e. The molecule has 0 atom stereocenters. The van der Waals surface area contributed by atoms with Gasteiger partial charge in [0, 0.05) is 6.08 Å². The van der Waals surface area contributed by atoms with Crippen LogP contribution in [-0.2, 0) is 9.53 Å². The first-order valence-corrected chi connectivity index (χ1v) is 6.31. The molecule has 0 spiro atoms. The molecule has 1 heterocycles. The van der Waals surface area contributed by atoms with E-state index in [2.05, 4.69) is 6.58 Å². The zero-order chi connectivity index (χ0) is 14.2. The molecule has 0 N–H and O–H groups in total. The van der Waals surface area contributed by atoms with Crippen molar-refractivity contribution in [3.05, 3.63) is 54.6 Å². The molecule has 0 fully saturated rings. The van der Waals surface area contributed by atoms with Gasteiger partial charge >= 0.3 is 5.97 Å². The highest BCUT2D eigenvalue weighted by atomic mass is 16.7. The molecule has 0 radical (unpaired) electrons. The predicted molar refractivity (Wildman–Crippen MR) is 76.5 cm³/mol. The molecule has 4 nitrogen and oxygen atoms in total. The number of ether oxygens (including phenoxy) is 3. The van der Waals surface area contributed by atoms with E-state index < -0.39 is 0 Å². The Labute approximate surface area is 118 Å². The van der Waals surface area contributed by atoms with Gasteiger partial charge in [0.05, 0.1) is 6.61 Å². The largest absolute Gasteiger partial charge is 0.462 e. The second kappa shape index (κ2) is 7.19. The van der Waals surface area contributed by atoms with Crippen molar-refractivity contribution in [3.8, 4) is 11.5 Å². The summed E-state index contributed by atoms with van der Waals surface area (Å²) in [6.07, 6.45) is 9.15. The Kier molecular flexibility index (Phi) is 5.00. The number of carbonyl (C=O) groups excluding carboxylic acids is 1. The standard InChI is InChI=1S/C16H16O4/c1-2-3-4-5-10-18-16(17)9-7-13-6-8-14-15(11-13)20-12-19-14/h2-4,6-9,11H,1,5,10,12H2/b4-3+,9-7+. The molecule has 1 aliphatic heterocycles. The van der Waals surface area contributed by atoms with E-state index in [1.165, 1.54) is 6.08 Å². The Bertz CT molecular complexity index is 543. The lowest BCUT2D eigenvalue weighted by atomic mass is 10.2. The number of benzene rings is 1. The first-order chi connectivity index (χ1) is 9.79. The highest BCUT2D eigenvalue weighted by molar-refractivity contribution is 5.87. The fourth-order valence-corrected chi connectivity index (χ4v) is 1.65. The number of fused-ring (bicyclic) bond motifs is 1. The van der Waals surface area contributed by atoms with Crippen molar-refractivity contribution in [1.29, 1.82) is 0 Å². The minimum absolute atomic E-state index is 0.239. The summed E-state index contributed by atoms with van der Waals surface area (Å²) in [6.45, 7) is 4.15. The van der Waals surface area contributed by atoms with Crippen LogP contribution < -0.4 is 9.47 Å². The lowest BCUT2D eigenvalue weighted by molar-refractivity contribution is -0.137. The van der Waals surface area contributed by atoms with Crippen molar-refractivity contribution in [2.24, 2.45) is 0 Å². The van der Waals surface area contributed by atoms with E-state index in [1.807, 2.05) is 30.4 Å². The average molecular weight is 272 g/mol. The Morgan fingerprint density at radius 1 is 1.35 bits per heavy atom. The zero-order valence-electron chi connectivity index (χ0n) is 11.1. The monoisotopic (exact) mass is 272 g/mol. The van der Waals surface area contributed by atoms with Gasteiger partial charge in [0.25, 0.3) is 0 Å². The van der Waals surface area contributed by atoms with Crippen molar-refractivity contribution < 1.29 is 19.0 Å². The molecule has 4 heteroatoms. The number of hydrogen-bond acceptors (Lipinski definition) is 4. The molecule has 0 aliphatic carbocycles. The molecule has 104 valence electrons. The summed E-state index contributed by atoms with van der Waals surface area (Å²) in [5, 5.41) is 0. The first-order valence-electron chi connectivity index (χ1n) is 6.31. The molecular formula is C16H16O4. The third kappa shape index (κ3) is 4.02. The number of allylic oxidation sites excluding steroid dienone is 2. The van der Waals surface area contributed by atoms with Crippen molar-refractivity contribution in [2.75, 3.05) is 13.4 Å². The van der Waals surface area contributed by atoms with Crippen molar-refractivity contribution in [2.45, 2.75) is 6.42 Å². The number of hydrogen-bond donors (Lipinski definition) is 0. The fraction of sp³-hybridized carbons (Fsp3) is 0.188. The average Bonchev–Trinajstić information content (AvgIpc) is 2.92. The topological polar surface area (TPSA) is 44.8 Å². The zero-order valence-corrected chi connectivity index (χ0v) is 11.1. The van der Waals surface area contributed by atoms with E-state index in [-0.39, 0.29) is 12.8 Å². The summed E-state index contributed by atoms with van der Waals surface area (Å²) < 4.78 is 15.5. The summed E-state index contributed by atoms with van der Waals surface area (Å²) in [5.74, 6) is 1.04. The minimum atomic E-state index is -0.366. The molecule has 1 aliphatic rings. The first kappa shape index (κ1) is 13.9. The van der Waals surface area contributed by atoms with Crippen molar-refractivity contribution >= 4 is 12.0 Å². The van der Waals surface area contributed by atoms with Crippen LogP contribution in [0.2, 0.25) is 0 Å². The SMILES string of the molecule is C=C/C=C/CCOC(=O)/C=C/c1ccc2c(c1)OCO2. The number of esters is 1. The molecule has 0 bridgehead atoms. The van der Waals surface area contributed by atoms with Crippen LogP contribution in [0.5, 0.6) is 11.5 Å². The Morgan fingerprint density at radius 2 is 2.20 bits per heavy atom. The molecule has 1 aromatic rings. The van der Waals surface area contributed by atoms with Gasteiger partial charge in [-0.25, -0.2) is 4.79 Å². The molecule has 0 amide bonds. The molecule has 1 aromatic carbocycles. The maximum absolute atomic E-state index is 11.5. The van der Waals surface area contributed by atoms with Crippen LogP contribution in [0.3, 0.4) is 0 Å². The van der Waals surface area contributed by atoms with E-state index in [1.54, 1.807) is 12.2 Å². The van der Waals surface area contributed by atoms with Crippen LogP contribution in [-0.4, -0.2) is 19.4 Å². The highest BCUT2D eigenvalue weighted by Crippen LogP contribution is 2.32. The normalized spacial score (nSPS) is 13.0. The molecule has 2 rings (SSSR count). The summed E-state index contributed by atoms with van der Waals surface area (Å²) >= 11 is 0. The van der Waals surface area contributed by atoms with Crippen LogP contribution in [0.1, 0.15) is 12.0 Å². The van der Waals surface area contributed by atoms with Gasteiger partial charge in [0.15, 0.2) is 11.5 Å². The maximum Gasteiger partial charge on any atom is 0.330 e. The molecule has 0 saturated heterocycles. The van der Waals surface area contributed by atoms with Gasteiger partial charge in [0.2, 0.25) is 6.79 Å². The molecular weight excluding hydrogens is 256 g/mol. The lowest BCUT2D eigenvalue weighted by Gasteiger charge is -1.99. The summed E-state index contributed by atoms with van der Waals surface area (Å²) in [5.41, 5.74) is 0.859. The number of rotatable bonds is 6. The predicted octanol–water partition coefficient (Wildman–Crippen LogP) is 3.10. The Balaban J connectivity index is 1.81. The van der Waals surface area contributed by atoms with E-state index in [9.17, 15) is 4.79 Å². The Hall–Kier alpha value is -2.49. The van der Waals surface area contributed by atoms with Gasteiger partial charge in [-0.2, -0.15) is 0 Å². The van der Waals surface area contributed by atoms with Crippen LogP contribution >= 0.6 is 0 Å². The fourth-order valence-electron chi connectivity index (χ4n) is 1.65. The summed E-state index contributed by atoms with van der Waals surface area (Å²) in [4.78, 5) is 11.5. The third-order valence-electron chi connectivity index (χ3n) is 2.61. The maximum atomic E-state index is 11.5. The highest BCUT2D eigenvalue weighted by Gasteiger charge is 2.12. The third-order valence-corrected chi connectivity index (χ3v) is 2.61. The van der Waals surface area contributed by atoms with Gasteiger partial charge in [0.1, 0.15) is 0 Å².